The van der Waals surface area contributed by atoms with Gasteiger partial charge in [-0.3, -0.25) is 9.69 Å². The fourth-order valence-corrected chi connectivity index (χ4v) is 4.86. The molecule has 1 aliphatic heterocycles. The van der Waals surface area contributed by atoms with Gasteiger partial charge in [-0.25, -0.2) is 9.18 Å². The third-order valence-electron chi connectivity index (χ3n) is 6.86. The monoisotopic (exact) mass is 499 g/mol. The number of carboxylic acids is 2. The first kappa shape index (κ1) is 26.0. The number of hydrogen-bond acceptors (Lipinski definition) is 3. The number of hydrogen-bond donors (Lipinski definition) is 2. The van der Waals surface area contributed by atoms with Crippen LogP contribution in [0.4, 0.5) is 4.39 Å². The molecule has 2 unspecified atom stereocenters. The third kappa shape index (κ3) is 6.22. The van der Waals surface area contributed by atoms with Crippen molar-refractivity contribution in [3.63, 3.8) is 0 Å². The third-order valence-corrected chi connectivity index (χ3v) is 6.86. The molecule has 0 saturated heterocycles. The first-order valence-electron chi connectivity index (χ1n) is 12.2. The molecule has 1 aliphatic carbocycles. The molecule has 0 aromatic heterocycles. The predicted molar refractivity (Wildman–Crippen MR) is 140 cm³/mol. The van der Waals surface area contributed by atoms with Gasteiger partial charge in [0.2, 0.25) is 0 Å². The van der Waals surface area contributed by atoms with Gasteiger partial charge in [0.25, 0.3) is 0 Å². The van der Waals surface area contributed by atoms with Gasteiger partial charge >= 0.3 is 11.9 Å². The van der Waals surface area contributed by atoms with Gasteiger partial charge in [-0.2, -0.15) is 0 Å². The normalized spacial score (nSPS) is 20.7. The lowest BCUT2D eigenvalue weighted by Crippen LogP contribution is -2.35. The fourth-order valence-electron chi connectivity index (χ4n) is 4.86. The van der Waals surface area contributed by atoms with E-state index >= 15 is 0 Å². The Bertz CT molecular complexity index is 1330. The lowest BCUT2D eigenvalue weighted by atomic mass is 9.80. The first-order chi connectivity index (χ1) is 17.8. The van der Waals surface area contributed by atoms with E-state index in [1.54, 1.807) is 6.07 Å². The summed E-state index contributed by atoms with van der Waals surface area (Å²) >= 11 is 0. The highest BCUT2D eigenvalue weighted by atomic mass is 19.1. The van der Waals surface area contributed by atoms with Gasteiger partial charge in [-0.15, -0.1) is 0 Å². The lowest BCUT2D eigenvalue weighted by molar-refractivity contribution is -0.145. The Hall–Kier alpha value is -4.03. The van der Waals surface area contributed by atoms with Crippen LogP contribution in [0, 0.1) is 11.2 Å². The van der Waals surface area contributed by atoms with Crippen molar-refractivity contribution in [2.24, 2.45) is 5.41 Å². The molecule has 5 nitrogen and oxygen atoms in total. The minimum atomic E-state index is -1.08. The SMILES string of the molecule is CC1(C(=O)O)C=CC=C(C(=O)O)C1.Fc1cccc(C2c3ccccc3CCN2Cc2ccccc2)c1. The molecule has 1 heterocycles. The van der Waals surface area contributed by atoms with E-state index < -0.39 is 17.4 Å². The molecule has 0 spiro atoms. The van der Waals surface area contributed by atoms with Crippen LogP contribution in [0.3, 0.4) is 0 Å². The molecule has 3 aromatic rings. The highest BCUT2D eigenvalue weighted by Gasteiger charge is 2.34. The summed E-state index contributed by atoms with van der Waals surface area (Å²) in [5, 5.41) is 17.5. The van der Waals surface area contributed by atoms with Crippen molar-refractivity contribution in [2.75, 3.05) is 6.54 Å². The second kappa shape index (κ2) is 11.4. The molecule has 0 fully saturated rings. The van der Waals surface area contributed by atoms with Gasteiger partial charge in [-0.05, 0) is 54.2 Å². The Morgan fingerprint density at radius 1 is 1.00 bits per heavy atom. The van der Waals surface area contributed by atoms with Crippen LogP contribution in [0.15, 0.2) is 103 Å². The highest BCUT2D eigenvalue weighted by molar-refractivity contribution is 5.90. The van der Waals surface area contributed by atoms with Crippen LogP contribution < -0.4 is 0 Å². The number of rotatable bonds is 5. The van der Waals surface area contributed by atoms with Crippen molar-refractivity contribution in [3.05, 3.63) is 131 Å². The molecule has 0 amide bonds. The average Bonchev–Trinajstić information content (AvgIpc) is 2.89. The second-order valence-corrected chi connectivity index (χ2v) is 9.62. The molecular weight excluding hydrogens is 469 g/mol. The largest absolute Gasteiger partial charge is 0.481 e. The van der Waals surface area contributed by atoms with Gasteiger partial charge in [-0.1, -0.05) is 85.0 Å². The van der Waals surface area contributed by atoms with Crippen LogP contribution in [-0.4, -0.2) is 33.6 Å². The summed E-state index contributed by atoms with van der Waals surface area (Å²) in [6, 6.07) is 26.2. The molecule has 0 bridgehead atoms. The second-order valence-electron chi connectivity index (χ2n) is 9.62. The molecule has 6 heteroatoms. The number of aliphatic carboxylic acids is 2. The maximum Gasteiger partial charge on any atom is 0.331 e. The topological polar surface area (TPSA) is 77.8 Å². The van der Waals surface area contributed by atoms with E-state index in [1.807, 2.05) is 18.2 Å². The molecule has 37 heavy (non-hydrogen) atoms. The maximum atomic E-state index is 13.8. The standard InChI is InChI=1S/C22H20FN.C9H10O4/c23-20-11-6-10-19(15-20)22-21-12-5-4-9-18(21)13-14-24(22)16-17-7-2-1-3-8-17;1-9(8(12)13)4-2-3-6(5-9)7(10)11/h1-12,15,22H,13-14,16H2;2-4H,5H2,1H3,(H,10,11)(H,12,13). The summed E-state index contributed by atoms with van der Waals surface area (Å²) in [5.74, 6) is -2.23. The summed E-state index contributed by atoms with van der Waals surface area (Å²) in [4.78, 5) is 23.8. The molecule has 190 valence electrons. The summed E-state index contributed by atoms with van der Waals surface area (Å²) in [7, 11) is 0. The zero-order valence-electron chi connectivity index (χ0n) is 20.7. The van der Waals surface area contributed by atoms with E-state index in [2.05, 4.69) is 53.4 Å². The minimum absolute atomic E-state index is 0.0359. The number of nitrogens with zero attached hydrogens (tertiary/aromatic N) is 1. The van der Waals surface area contributed by atoms with Gasteiger partial charge in [0, 0.05) is 18.7 Å². The lowest BCUT2D eigenvalue weighted by Gasteiger charge is -2.38. The average molecular weight is 500 g/mol. The van der Waals surface area contributed by atoms with Crippen molar-refractivity contribution in [2.45, 2.75) is 32.4 Å². The highest BCUT2D eigenvalue weighted by Crippen LogP contribution is 2.36. The van der Waals surface area contributed by atoms with Crippen LogP contribution >= 0.6 is 0 Å². The number of carbonyl (C=O) groups is 2. The van der Waals surface area contributed by atoms with Crippen LogP contribution in [0.2, 0.25) is 0 Å². The van der Waals surface area contributed by atoms with E-state index in [4.69, 9.17) is 10.2 Å². The summed E-state index contributed by atoms with van der Waals surface area (Å²) in [6.07, 6.45) is 5.47. The quantitative estimate of drug-likeness (QED) is 0.449. The van der Waals surface area contributed by atoms with E-state index in [0.29, 0.717) is 0 Å². The minimum Gasteiger partial charge on any atom is -0.481 e. The molecule has 3 aromatic carbocycles. The maximum absolute atomic E-state index is 13.8. The van der Waals surface area contributed by atoms with Crippen LogP contribution in [0.1, 0.15) is 41.6 Å². The zero-order valence-corrected chi connectivity index (χ0v) is 20.7. The molecule has 2 N–H and O–H groups in total. The predicted octanol–water partition coefficient (Wildman–Crippen LogP) is 6.02. The Morgan fingerprint density at radius 2 is 1.73 bits per heavy atom. The van der Waals surface area contributed by atoms with Crippen molar-refractivity contribution in [3.8, 4) is 0 Å². The number of benzene rings is 3. The zero-order chi connectivity index (χ0) is 26.4. The summed E-state index contributed by atoms with van der Waals surface area (Å²) in [5.41, 5.74) is 4.03. The Balaban J connectivity index is 0.000000209. The van der Waals surface area contributed by atoms with Crippen molar-refractivity contribution < 1.29 is 24.2 Å². The van der Waals surface area contributed by atoms with Crippen LogP contribution in [-0.2, 0) is 22.6 Å². The Labute approximate surface area is 216 Å². The number of carboxylic acid groups (broad SMARTS) is 2. The van der Waals surface area contributed by atoms with Crippen LogP contribution in [0.25, 0.3) is 0 Å². The van der Waals surface area contributed by atoms with E-state index in [0.717, 1.165) is 25.1 Å². The number of allylic oxidation sites excluding steroid dienone is 2. The smallest absolute Gasteiger partial charge is 0.331 e. The van der Waals surface area contributed by atoms with E-state index in [9.17, 15) is 14.0 Å². The molecular formula is C31H30FNO4. The first-order valence-corrected chi connectivity index (χ1v) is 12.2. The van der Waals surface area contributed by atoms with Crippen molar-refractivity contribution >= 4 is 11.9 Å². The van der Waals surface area contributed by atoms with Gasteiger partial charge in [0.15, 0.2) is 0 Å². The van der Waals surface area contributed by atoms with E-state index in [-0.39, 0.29) is 23.9 Å². The van der Waals surface area contributed by atoms with E-state index in [1.165, 1.54) is 47.9 Å². The van der Waals surface area contributed by atoms with Crippen molar-refractivity contribution in [1.82, 2.24) is 4.90 Å². The molecule has 2 atom stereocenters. The Kier molecular flexibility index (Phi) is 7.99. The number of fused-ring (bicyclic) bond motifs is 1. The molecule has 0 saturated carbocycles. The molecule has 2 aliphatic rings. The molecule has 0 radical (unpaired) electrons. The van der Waals surface area contributed by atoms with Crippen LogP contribution in [0.5, 0.6) is 0 Å². The number of halogens is 1. The van der Waals surface area contributed by atoms with Gasteiger partial charge in [0.1, 0.15) is 5.82 Å². The van der Waals surface area contributed by atoms with Gasteiger partial charge < -0.3 is 10.2 Å². The van der Waals surface area contributed by atoms with Crippen molar-refractivity contribution in [1.29, 1.82) is 0 Å². The van der Waals surface area contributed by atoms with Gasteiger partial charge in [0.05, 0.1) is 11.5 Å². The Morgan fingerprint density at radius 3 is 2.43 bits per heavy atom. The fraction of sp³-hybridized carbons (Fsp3) is 0.226. The summed E-state index contributed by atoms with van der Waals surface area (Å²) < 4.78 is 13.8. The molecule has 5 rings (SSSR count). The summed E-state index contributed by atoms with van der Waals surface area (Å²) in [6.45, 7) is 3.35.